The smallest absolute Gasteiger partial charge is 0.333 e. The lowest BCUT2D eigenvalue weighted by atomic mass is 10.3. The summed E-state index contributed by atoms with van der Waals surface area (Å²) in [5.41, 5.74) is 0.216. The van der Waals surface area contributed by atoms with E-state index in [1.807, 2.05) is 6.92 Å². The minimum Gasteiger partial charge on any atom is -0.354 e. The predicted molar refractivity (Wildman–Crippen MR) is 71.0 cm³/mol. The summed E-state index contributed by atoms with van der Waals surface area (Å²) in [7, 11) is 1.60. The molecule has 1 amide bonds. The largest absolute Gasteiger partial charge is 0.354 e. The summed E-state index contributed by atoms with van der Waals surface area (Å²) >= 11 is 0. The van der Waals surface area contributed by atoms with Crippen LogP contribution in [0.2, 0.25) is 0 Å². The van der Waals surface area contributed by atoms with Gasteiger partial charge in [-0.1, -0.05) is 6.92 Å². The van der Waals surface area contributed by atoms with Gasteiger partial charge in [-0.25, -0.2) is 4.68 Å². The number of hydrogen-bond acceptors (Lipinski definition) is 5. The second-order valence-electron chi connectivity index (χ2n) is 4.32. The fourth-order valence-corrected chi connectivity index (χ4v) is 1.70. The number of nitro groups is 1. The molecule has 2 N–H and O–H groups in total. The summed E-state index contributed by atoms with van der Waals surface area (Å²) in [6.45, 7) is 5.74. The van der Waals surface area contributed by atoms with Crippen LogP contribution >= 0.6 is 0 Å². The topological polar surface area (TPSA) is 102 Å². The van der Waals surface area contributed by atoms with E-state index in [0.29, 0.717) is 12.2 Å². The van der Waals surface area contributed by atoms with Gasteiger partial charge in [-0.05, 0) is 20.3 Å². The normalized spacial score (nSPS) is 12.0. The Kier molecular flexibility index (Phi) is 4.85. The van der Waals surface area contributed by atoms with Crippen LogP contribution in [-0.2, 0) is 11.8 Å². The van der Waals surface area contributed by atoms with Crippen LogP contribution < -0.4 is 10.6 Å². The maximum atomic E-state index is 11.7. The van der Waals surface area contributed by atoms with Crippen LogP contribution in [-0.4, -0.2) is 33.2 Å². The first-order valence-electron chi connectivity index (χ1n) is 6.10. The minimum atomic E-state index is -0.569. The maximum Gasteiger partial charge on any atom is 0.333 e. The molecular formula is C11H19N5O3. The molecule has 106 valence electrons. The molecule has 0 spiro atoms. The lowest BCUT2D eigenvalue weighted by Crippen LogP contribution is -2.38. The van der Waals surface area contributed by atoms with Gasteiger partial charge in [0.2, 0.25) is 11.7 Å². The number of carbonyl (C=O) groups excluding carboxylic acids is 1. The van der Waals surface area contributed by atoms with Gasteiger partial charge in [-0.3, -0.25) is 14.9 Å². The molecule has 0 fully saturated rings. The van der Waals surface area contributed by atoms with E-state index in [2.05, 4.69) is 15.7 Å². The van der Waals surface area contributed by atoms with Gasteiger partial charge in [0.25, 0.3) is 0 Å². The Labute approximate surface area is 111 Å². The number of aryl methyl sites for hydroxylation is 2. The number of anilines is 1. The van der Waals surface area contributed by atoms with Crippen molar-refractivity contribution in [2.24, 2.45) is 7.05 Å². The molecule has 1 unspecified atom stereocenters. The molecule has 0 aromatic carbocycles. The average Bonchev–Trinajstić information content (AvgIpc) is 2.61. The summed E-state index contributed by atoms with van der Waals surface area (Å²) < 4.78 is 1.37. The molecule has 0 aliphatic heterocycles. The van der Waals surface area contributed by atoms with Crippen molar-refractivity contribution in [1.29, 1.82) is 0 Å². The van der Waals surface area contributed by atoms with Crippen LogP contribution in [0.5, 0.6) is 0 Å². The SMILES string of the molecule is CCCNC(=O)C(C)Nc1c([N+](=O)[O-])c(C)nn1C. The van der Waals surface area contributed by atoms with Gasteiger partial charge in [-0.15, -0.1) is 0 Å². The number of carbonyl (C=O) groups is 1. The number of amides is 1. The molecule has 1 rings (SSSR count). The summed E-state index contributed by atoms with van der Waals surface area (Å²) in [6.07, 6.45) is 0.837. The molecule has 0 aliphatic rings. The first-order chi connectivity index (χ1) is 8.88. The van der Waals surface area contributed by atoms with E-state index < -0.39 is 11.0 Å². The first-order valence-corrected chi connectivity index (χ1v) is 6.10. The number of rotatable bonds is 6. The molecule has 1 aromatic heterocycles. The Morgan fingerprint density at radius 2 is 2.21 bits per heavy atom. The molecule has 1 atom stereocenters. The molecule has 0 radical (unpaired) electrons. The average molecular weight is 269 g/mol. The molecule has 8 heteroatoms. The van der Waals surface area contributed by atoms with Crippen molar-refractivity contribution < 1.29 is 9.72 Å². The minimum absolute atomic E-state index is 0.0994. The highest BCUT2D eigenvalue weighted by molar-refractivity contribution is 5.84. The van der Waals surface area contributed by atoms with Crippen LogP contribution in [0.4, 0.5) is 11.5 Å². The Morgan fingerprint density at radius 1 is 1.58 bits per heavy atom. The quantitative estimate of drug-likeness (QED) is 0.591. The van der Waals surface area contributed by atoms with Gasteiger partial charge < -0.3 is 10.6 Å². The number of hydrogen-bond donors (Lipinski definition) is 2. The highest BCUT2D eigenvalue weighted by Gasteiger charge is 2.26. The first kappa shape index (κ1) is 14.9. The van der Waals surface area contributed by atoms with Gasteiger partial charge in [-0.2, -0.15) is 5.10 Å². The van der Waals surface area contributed by atoms with E-state index in [0.717, 1.165) is 6.42 Å². The van der Waals surface area contributed by atoms with Crippen LogP contribution in [0.3, 0.4) is 0 Å². The summed E-state index contributed by atoms with van der Waals surface area (Å²) in [5, 5.41) is 20.5. The van der Waals surface area contributed by atoms with Crippen LogP contribution in [0, 0.1) is 17.0 Å². The van der Waals surface area contributed by atoms with Crippen molar-refractivity contribution in [3.63, 3.8) is 0 Å². The lowest BCUT2D eigenvalue weighted by molar-refractivity contribution is -0.384. The zero-order chi connectivity index (χ0) is 14.6. The number of nitrogens with zero attached hydrogens (tertiary/aromatic N) is 3. The van der Waals surface area contributed by atoms with Crippen molar-refractivity contribution in [3.05, 3.63) is 15.8 Å². The van der Waals surface area contributed by atoms with E-state index in [1.165, 1.54) is 4.68 Å². The molecule has 0 saturated heterocycles. The fraction of sp³-hybridized carbons (Fsp3) is 0.636. The van der Waals surface area contributed by atoms with Crippen LogP contribution in [0.15, 0.2) is 0 Å². The Bertz CT molecular complexity index is 483. The van der Waals surface area contributed by atoms with Gasteiger partial charge in [0.05, 0.1) is 4.92 Å². The summed E-state index contributed by atoms with van der Waals surface area (Å²) in [6, 6.07) is -0.569. The van der Waals surface area contributed by atoms with Crippen LogP contribution in [0.25, 0.3) is 0 Å². The maximum absolute atomic E-state index is 11.7. The zero-order valence-corrected chi connectivity index (χ0v) is 11.6. The second kappa shape index (κ2) is 6.17. The standard InChI is InChI=1S/C11H19N5O3/c1-5-6-12-11(17)8(3)13-10-9(16(18)19)7(2)14-15(10)4/h8,13H,5-6H2,1-4H3,(H,12,17). The van der Waals surface area contributed by atoms with Gasteiger partial charge in [0.15, 0.2) is 0 Å². The van der Waals surface area contributed by atoms with Crippen LogP contribution in [0.1, 0.15) is 26.0 Å². The summed E-state index contributed by atoms with van der Waals surface area (Å²) in [5.74, 6) is 0.0386. The lowest BCUT2D eigenvalue weighted by Gasteiger charge is -2.14. The van der Waals surface area contributed by atoms with E-state index in [1.54, 1.807) is 20.9 Å². The Morgan fingerprint density at radius 3 is 2.74 bits per heavy atom. The Balaban J connectivity index is 2.87. The molecule has 8 nitrogen and oxygen atoms in total. The third-order valence-corrected chi connectivity index (χ3v) is 2.67. The molecule has 1 aromatic rings. The van der Waals surface area contributed by atoms with E-state index in [-0.39, 0.29) is 17.4 Å². The van der Waals surface area contributed by atoms with Crippen molar-refractivity contribution >= 4 is 17.4 Å². The number of nitrogens with one attached hydrogen (secondary N) is 2. The summed E-state index contributed by atoms with van der Waals surface area (Å²) in [4.78, 5) is 22.2. The van der Waals surface area contributed by atoms with E-state index in [4.69, 9.17) is 0 Å². The van der Waals surface area contributed by atoms with E-state index in [9.17, 15) is 14.9 Å². The molecule has 0 bridgehead atoms. The van der Waals surface area contributed by atoms with Crippen molar-refractivity contribution in [2.45, 2.75) is 33.2 Å². The van der Waals surface area contributed by atoms with E-state index >= 15 is 0 Å². The van der Waals surface area contributed by atoms with Crippen molar-refractivity contribution in [2.75, 3.05) is 11.9 Å². The third kappa shape index (κ3) is 3.43. The number of aromatic nitrogens is 2. The fourth-order valence-electron chi connectivity index (χ4n) is 1.70. The molecule has 1 heterocycles. The monoisotopic (exact) mass is 269 g/mol. The van der Waals surface area contributed by atoms with Crippen molar-refractivity contribution in [1.82, 2.24) is 15.1 Å². The molecule has 0 saturated carbocycles. The molecule has 19 heavy (non-hydrogen) atoms. The predicted octanol–water partition coefficient (Wildman–Crippen LogP) is 0.963. The molecule has 0 aliphatic carbocycles. The Hall–Kier alpha value is -2.12. The highest BCUT2D eigenvalue weighted by atomic mass is 16.6. The van der Waals surface area contributed by atoms with Gasteiger partial charge in [0, 0.05) is 13.6 Å². The van der Waals surface area contributed by atoms with Crippen molar-refractivity contribution in [3.8, 4) is 0 Å². The van der Waals surface area contributed by atoms with Gasteiger partial charge in [0.1, 0.15) is 11.7 Å². The molecular weight excluding hydrogens is 250 g/mol. The highest BCUT2D eigenvalue weighted by Crippen LogP contribution is 2.27. The zero-order valence-electron chi connectivity index (χ0n) is 11.6. The van der Waals surface area contributed by atoms with Gasteiger partial charge >= 0.3 is 5.69 Å². The third-order valence-electron chi connectivity index (χ3n) is 2.67. The second-order valence-corrected chi connectivity index (χ2v) is 4.32.